The van der Waals surface area contributed by atoms with Crippen LogP contribution in [0.4, 0.5) is 0 Å². The van der Waals surface area contributed by atoms with Gasteiger partial charge < -0.3 is 0 Å². The van der Waals surface area contributed by atoms with Crippen LogP contribution in [0.2, 0.25) is 0 Å². The van der Waals surface area contributed by atoms with Crippen molar-refractivity contribution in [3.63, 3.8) is 0 Å². The Morgan fingerprint density at radius 2 is 1.43 bits per heavy atom. The molecule has 1 aliphatic heterocycles. The van der Waals surface area contributed by atoms with Crippen molar-refractivity contribution in [1.82, 2.24) is 4.90 Å². The lowest BCUT2D eigenvalue weighted by molar-refractivity contribution is 0.0609. The van der Waals surface area contributed by atoms with Gasteiger partial charge in [0, 0.05) is 6.04 Å². The van der Waals surface area contributed by atoms with Crippen LogP contribution < -0.4 is 0 Å². The predicted octanol–water partition coefficient (Wildman–Crippen LogP) is 1.69. The van der Waals surface area contributed by atoms with Gasteiger partial charge in [-0.1, -0.05) is 12.1 Å². The molecule has 0 unspecified atom stereocenters. The second-order valence-corrected chi connectivity index (χ2v) is 3.62. The first-order valence-corrected chi connectivity index (χ1v) is 4.60. The zero-order valence-electron chi connectivity index (χ0n) is 8.15. The molecule has 0 atom stereocenters. The highest BCUT2D eigenvalue weighted by atomic mass is 16.2. The number of carbonyl (C=O) groups excluding carboxylic acids is 2. The number of nitrogens with zero attached hydrogens (tertiary/aromatic N) is 1. The Morgan fingerprint density at radius 3 is 1.79 bits per heavy atom. The minimum absolute atomic E-state index is 0.0811. The Kier molecular flexibility index (Phi) is 1.88. The molecule has 1 aromatic carbocycles. The summed E-state index contributed by atoms with van der Waals surface area (Å²) in [5, 5.41) is 0. The smallest absolute Gasteiger partial charge is 0.261 e. The molecule has 0 aromatic heterocycles. The Labute approximate surface area is 82.3 Å². The van der Waals surface area contributed by atoms with E-state index in [2.05, 4.69) is 0 Å². The zero-order valence-corrected chi connectivity index (χ0v) is 8.15. The third kappa shape index (κ3) is 1.05. The fraction of sp³-hybridized carbons (Fsp3) is 0.273. The van der Waals surface area contributed by atoms with E-state index in [0.29, 0.717) is 11.1 Å². The summed E-state index contributed by atoms with van der Waals surface area (Å²) in [5.74, 6) is -0.360. The van der Waals surface area contributed by atoms with Crippen molar-refractivity contribution in [1.29, 1.82) is 0 Å². The van der Waals surface area contributed by atoms with Gasteiger partial charge in [-0.2, -0.15) is 0 Å². The lowest BCUT2D eigenvalue weighted by Crippen LogP contribution is -2.35. The molecule has 3 nitrogen and oxygen atoms in total. The molecule has 0 N–H and O–H groups in total. The first-order valence-electron chi connectivity index (χ1n) is 4.60. The molecular weight excluding hydrogens is 178 g/mol. The van der Waals surface area contributed by atoms with Crippen molar-refractivity contribution < 1.29 is 9.59 Å². The summed E-state index contributed by atoms with van der Waals surface area (Å²) in [6.45, 7) is 3.67. The van der Waals surface area contributed by atoms with Crippen molar-refractivity contribution in [2.24, 2.45) is 0 Å². The molecule has 0 saturated heterocycles. The van der Waals surface area contributed by atoms with E-state index in [-0.39, 0.29) is 17.9 Å². The van der Waals surface area contributed by atoms with Crippen LogP contribution in [0.25, 0.3) is 0 Å². The van der Waals surface area contributed by atoms with Crippen LogP contribution in [-0.2, 0) is 0 Å². The summed E-state index contributed by atoms with van der Waals surface area (Å²) in [6, 6.07) is 6.85. The molecule has 1 aliphatic rings. The highest BCUT2D eigenvalue weighted by molar-refractivity contribution is 6.21. The lowest BCUT2D eigenvalue weighted by atomic mass is 10.1. The highest BCUT2D eigenvalue weighted by Gasteiger charge is 2.36. The normalized spacial score (nSPS) is 15.2. The predicted molar refractivity (Wildman–Crippen MR) is 52.1 cm³/mol. The van der Waals surface area contributed by atoms with Crippen LogP contribution in [0.15, 0.2) is 24.3 Å². The maximum Gasteiger partial charge on any atom is 0.261 e. The summed E-state index contributed by atoms with van der Waals surface area (Å²) in [6.07, 6.45) is 0. The fourth-order valence-corrected chi connectivity index (χ4v) is 1.68. The summed E-state index contributed by atoms with van der Waals surface area (Å²) in [5.41, 5.74) is 1.04. The molecule has 0 saturated carbocycles. The maximum atomic E-state index is 11.8. The van der Waals surface area contributed by atoms with Gasteiger partial charge in [-0.3, -0.25) is 14.5 Å². The lowest BCUT2D eigenvalue weighted by Gasteiger charge is -2.17. The maximum absolute atomic E-state index is 11.8. The van der Waals surface area contributed by atoms with Crippen molar-refractivity contribution in [2.75, 3.05) is 0 Å². The van der Waals surface area contributed by atoms with Crippen molar-refractivity contribution in [2.45, 2.75) is 19.9 Å². The van der Waals surface area contributed by atoms with Gasteiger partial charge in [0.05, 0.1) is 11.1 Å². The molecule has 0 fully saturated rings. The van der Waals surface area contributed by atoms with E-state index in [1.807, 2.05) is 13.8 Å². The standard InChI is InChI=1S/C11H11NO2/c1-7(2)12-10(13)8-5-3-4-6-9(8)11(12)14/h3-7H,1-2H3. The Hall–Kier alpha value is -1.64. The number of rotatable bonds is 1. The van der Waals surface area contributed by atoms with Gasteiger partial charge in [0.25, 0.3) is 11.8 Å². The molecule has 0 aliphatic carbocycles. The van der Waals surface area contributed by atoms with Crippen LogP contribution in [0, 0.1) is 0 Å². The van der Waals surface area contributed by atoms with E-state index in [1.54, 1.807) is 24.3 Å². The first kappa shape index (κ1) is 8.94. The Morgan fingerprint density at radius 1 is 1.00 bits per heavy atom. The first-order chi connectivity index (χ1) is 6.63. The third-order valence-corrected chi connectivity index (χ3v) is 2.34. The molecule has 2 amide bonds. The van der Waals surface area contributed by atoms with Crippen LogP contribution in [0.1, 0.15) is 34.6 Å². The van der Waals surface area contributed by atoms with Gasteiger partial charge in [0.1, 0.15) is 0 Å². The number of amides is 2. The van der Waals surface area contributed by atoms with E-state index >= 15 is 0 Å². The quantitative estimate of drug-likeness (QED) is 0.630. The molecule has 2 rings (SSSR count). The summed E-state index contributed by atoms with van der Waals surface area (Å²) >= 11 is 0. The van der Waals surface area contributed by atoms with Gasteiger partial charge in [0.15, 0.2) is 0 Å². The topological polar surface area (TPSA) is 37.4 Å². The number of imide groups is 1. The fourth-order valence-electron chi connectivity index (χ4n) is 1.68. The number of benzene rings is 1. The SMILES string of the molecule is CC(C)N1C(=O)c2ccccc2C1=O. The monoisotopic (exact) mass is 189 g/mol. The van der Waals surface area contributed by atoms with E-state index in [4.69, 9.17) is 0 Å². The minimum Gasteiger partial charge on any atom is -0.272 e. The number of hydrogen-bond donors (Lipinski definition) is 0. The van der Waals surface area contributed by atoms with Gasteiger partial charge in [-0.15, -0.1) is 0 Å². The molecule has 0 spiro atoms. The summed E-state index contributed by atoms with van der Waals surface area (Å²) < 4.78 is 0. The van der Waals surface area contributed by atoms with Crippen LogP contribution in [-0.4, -0.2) is 22.8 Å². The van der Waals surface area contributed by atoms with Crippen LogP contribution >= 0.6 is 0 Å². The second-order valence-electron chi connectivity index (χ2n) is 3.62. The van der Waals surface area contributed by atoms with Gasteiger partial charge in [0.2, 0.25) is 0 Å². The molecule has 0 radical (unpaired) electrons. The molecule has 1 aromatic rings. The summed E-state index contributed by atoms with van der Waals surface area (Å²) in [4.78, 5) is 24.8. The average Bonchev–Trinajstić information content (AvgIpc) is 2.41. The molecule has 1 heterocycles. The second kappa shape index (κ2) is 2.94. The molecule has 72 valence electrons. The van der Waals surface area contributed by atoms with Gasteiger partial charge in [-0.05, 0) is 26.0 Å². The largest absolute Gasteiger partial charge is 0.272 e. The van der Waals surface area contributed by atoms with E-state index < -0.39 is 0 Å². The third-order valence-electron chi connectivity index (χ3n) is 2.34. The van der Waals surface area contributed by atoms with Crippen molar-refractivity contribution in [3.8, 4) is 0 Å². The Bertz CT molecular complexity index is 375. The average molecular weight is 189 g/mol. The number of fused-ring (bicyclic) bond motifs is 1. The minimum atomic E-state index is -0.180. The molecular formula is C11H11NO2. The zero-order chi connectivity index (χ0) is 10.3. The number of hydrogen-bond acceptors (Lipinski definition) is 2. The van der Waals surface area contributed by atoms with Crippen molar-refractivity contribution in [3.05, 3.63) is 35.4 Å². The van der Waals surface area contributed by atoms with Crippen LogP contribution in [0.3, 0.4) is 0 Å². The summed E-state index contributed by atoms with van der Waals surface area (Å²) in [7, 11) is 0. The molecule has 0 bridgehead atoms. The van der Waals surface area contributed by atoms with E-state index in [9.17, 15) is 9.59 Å². The van der Waals surface area contributed by atoms with Crippen LogP contribution in [0.5, 0.6) is 0 Å². The van der Waals surface area contributed by atoms with E-state index in [0.717, 1.165) is 0 Å². The molecule has 14 heavy (non-hydrogen) atoms. The Balaban J connectivity index is 2.54. The molecule has 3 heteroatoms. The van der Waals surface area contributed by atoms with E-state index in [1.165, 1.54) is 4.90 Å². The van der Waals surface area contributed by atoms with Gasteiger partial charge in [-0.25, -0.2) is 0 Å². The van der Waals surface area contributed by atoms with Crippen molar-refractivity contribution >= 4 is 11.8 Å². The number of carbonyl (C=O) groups is 2. The highest BCUT2D eigenvalue weighted by Crippen LogP contribution is 2.23. The van der Waals surface area contributed by atoms with Gasteiger partial charge >= 0.3 is 0 Å².